The third-order valence-corrected chi connectivity index (χ3v) is 1.35. The van der Waals surface area contributed by atoms with Crippen LogP contribution in [0.4, 0.5) is 0 Å². The fourth-order valence-corrected chi connectivity index (χ4v) is 1.11. The number of rotatable bonds is 4. The highest BCUT2D eigenvalue weighted by atomic mass is 14.9. The van der Waals surface area contributed by atoms with Crippen LogP contribution in [0.3, 0.4) is 0 Å². The molecule has 0 heterocycles. The van der Waals surface area contributed by atoms with Crippen LogP contribution in [0.2, 0.25) is 0 Å². The lowest BCUT2D eigenvalue weighted by Crippen LogP contribution is -2.20. The molecule has 0 aromatic heterocycles. The summed E-state index contributed by atoms with van der Waals surface area (Å²) in [7, 11) is 0. The van der Waals surface area contributed by atoms with Crippen LogP contribution < -0.4 is 5.32 Å². The Balaban J connectivity index is 4.06. The standard InChI is InChI=1S/C10H20N2/c1-6-11-9(4)7-10(5)12-8(2)3/h7-8,12H,6H2,1-5H3/b10-7-,11-9?. The largest absolute Gasteiger partial charge is 0.386 e. The maximum absolute atomic E-state index is 4.27. The fourth-order valence-electron chi connectivity index (χ4n) is 1.11. The van der Waals surface area contributed by atoms with Crippen LogP contribution in [-0.4, -0.2) is 18.3 Å². The Kier molecular flexibility index (Phi) is 5.43. The summed E-state index contributed by atoms with van der Waals surface area (Å²) in [6.07, 6.45) is 2.07. The Morgan fingerprint density at radius 1 is 1.42 bits per heavy atom. The van der Waals surface area contributed by atoms with Crippen LogP contribution in [0.15, 0.2) is 16.8 Å². The number of aliphatic imine (C=N–C) groups is 1. The predicted octanol–water partition coefficient (Wildman–Crippen LogP) is 2.37. The van der Waals surface area contributed by atoms with Crippen molar-refractivity contribution in [3.63, 3.8) is 0 Å². The van der Waals surface area contributed by atoms with Crippen LogP contribution in [0.5, 0.6) is 0 Å². The van der Waals surface area contributed by atoms with E-state index in [9.17, 15) is 0 Å². The summed E-state index contributed by atoms with van der Waals surface area (Å²) in [6, 6.07) is 0.496. The minimum atomic E-state index is 0.496. The Hall–Kier alpha value is -0.790. The molecule has 0 rings (SSSR count). The normalized spacial score (nSPS) is 13.8. The second kappa shape index (κ2) is 5.81. The van der Waals surface area contributed by atoms with Crippen molar-refractivity contribution in [2.75, 3.05) is 6.54 Å². The minimum Gasteiger partial charge on any atom is -0.386 e. The van der Waals surface area contributed by atoms with Crippen molar-refractivity contribution >= 4 is 5.71 Å². The highest BCUT2D eigenvalue weighted by Crippen LogP contribution is 1.92. The molecule has 1 N–H and O–H groups in total. The maximum Gasteiger partial charge on any atom is 0.0364 e. The van der Waals surface area contributed by atoms with Gasteiger partial charge in [-0.15, -0.1) is 0 Å². The van der Waals surface area contributed by atoms with Crippen molar-refractivity contribution in [2.24, 2.45) is 4.99 Å². The summed E-state index contributed by atoms with van der Waals surface area (Å²) in [5, 5.41) is 3.31. The molecule has 0 saturated carbocycles. The van der Waals surface area contributed by atoms with E-state index in [-0.39, 0.29) is 0 Å². The molecule has 0 aromatic carbocycles. The maximum atomic E-state index is 4.27. The van der Waals surface area contributed by atoms with E-state index in [0.717, 1.165) is 12.3 Å². The van der Waals surface area contributed by atoms with Gasteiger partial charge in [-0.25, -0.2) is 0 Å². The molecule has 2 nitrogen and oxygen atoms in total. The number of hydrogen-bond donors (Lipinski definition) is 1. The molecule has 0 aliphatic rings. The number of nitrogens with zero attached hydrogens (tertiary/aromatic N) is 1. The highest BCUT2D eigenvalue weighted by Gasteiger charge is 1.92. The third-order valence-electron chi connectivity index (χ3n) is 1.35. The van der Waals surface area contributed by atoms with Gasteiger partial charge in [-0.3, -0.25) is 4.99 Å². The number of hydrogen-bond acceptors (Lipinski definition) is 2. The second-order valence-electron chi connectivity index (χ2n) is 3.24. The zero-order chi connectivity index (χ0) is 9.56. The molecule has 0 bridgehead atoms. The lowest BCUT2D eigenvalue weighted by atomic mass is 10.3. The molecule has 0 atom stereocenters. The van der Waals surface area contributed by atoms with Gasteiger partial charge in [-0.2, -0.15) is 0 Å². The zero-order valence-electron chi connectivity index (χ0n) is 8.81. The molecular weight excluding hydrogens is 148 g/mol. The van der Waals surface area contributed by atoms with Crippen molar-refractivity contribution in [3.8, 4) is 0 Å². The van der Waals surface area contributed by atoms with E-state index in [4.69, 9.17) is 0 Å². The van der Waals surface area contributed by atoms with Gasteiger partial charge in [0.05, 0.1) is 0 Å². The van der Waals surface area contributed by atoms with E-state index in [2.05, 4.69) is 37.2 Å². The van der Waals surface area contributed by atoms with Crippen molar-refractivity contribution < 1.29 is 0 Å². The van der Waals surface area contributed by atoms with Gasteiger partial charge in [0, 0.05) is 24.0 Å². The first kappa shape index (κ1) is 11.2. The van der Waals surface area contributed by atoms with Crippen LogP contribution in [0.1, 0.15) is 34.6 Å². The summed E-state index contributed by atoms with van der Waals surface area (Å²) < 4.78 is 0. The second-order valence-corrected chi connectivity index (χ2v) is 3.24. The van der Waals surface area contributed by atoms with Crippen LogP contribution in [0, 0.1) is 0 Å². The summed E-state index contributed by atoms with van der Waals surface area (Å²) in [6.45, 7) is 11.2. The topological polar surface area (TPSA) is 24.4 Å². The molecule has 0 spiro atoms. The smallest absolute Gasteiger partial charge is 0.0364 e. The molecule has 0 unspecified atom stereocenters. The molecular formula is C10H20N2. The van der Waals surface area contributed by atoms with Crippen LogP contribution in [-0.2, 0) is 0 Å². The molecule has 70 valence electrons. The van der Waals surface area contributed by atoms with Gasteiger partial charge in [0.1, 0.15) is 0 Å². The van der Waals surface area contributed by atoms with Crippen LogP contribution in [0.25, 0.3) is 0 Å². The Morgan fingerprint density at radius 2 is 2.00 bits per heavy atom. The molecule has 12 heavy (non-hydrogen) atoms. The Labute approximate surface area is 75.8 Å². The minimum absolute atomic E-state index is 0.496. The highest BCUT2D eigenvalue weighted by molar-refractivity contribution is 5.93. The van der Waals surface area contributed by atoms with E-state index in [1.165, 1.54) is 5.70 Å². The van der Waals surface area contributed by atoms with Crippen molar-refractivity contribution in [1.29, 1.82) is 0 Å². The number of nitrogens with one attached hydrogen (secondary N) is 1. The molecule has 0 aliphatic heterocycles. The van der Waals surface area contributed by atoms with E-state index in [0.29, 0.717) is 6.04 Å². The predicted molar refractivity (Wildman–Crippen MR) is 55.7 cm³/mol. The monoisotopic (exact) mass is 168 g/mol. The van der Waals surface area contributed by atoms with Gasteiger partial charge in [0.15, 0.2) is 0 Å². The Bertz CT molecular complexity index is 178. The van der Waals surface area contributed by atoms with Gasteiger partial charge < -0.3 is 5.32 Å². The fraction of sp³-hybridized carbons (Fsp3) is 0.700. The molecule has 0 aliphatic carbocycles. The molecule has 0 aromatic rings. The SMILES string of the molecule is CCN=C(C)/C=C(/C)NC(C)C. The molecule has 0 fully saturated rings. The quantitative estimate of drug-likeness (QED) is 0.640. The molecule has 0 saturated heterocycles. The lowest BCUT2D eigenvalue weighted by Gasteiger charge is -2.09. The van der Waals surface area contributed by atoms with Crippen molar-refractivity contribution in [1.82, 2.24) is 5.32 Å². The average Bonchev–Trinajstić information content (AvgIpc) is 1.84. The van der Waals surface area contributed by atoms with Gasteiger partial charge >= 0.3 is 0 Å². The number of allylic oxidation sites excluding steroid dienone is 2. The van der Waals surface area contributed by atoms with E-state index >= 15 is 0 Å². The zero-order valence-corrected chi connectivity index (χ0v) is 8.81. The van der Waals surface area contributed by atoms with E-state index < -0.39 is 0 Å². The summed E-state index contributed by atoms with van der Waals surface area (Å²) in [5.41, 5.74) is 2.27. The van der Waals surface area contributed by atoms with Gasteiger partial charge in [-0.1, -0.05) is 0 Å². The first-order valence-corrected chi connectivity index (χ1v) is 4.52. The summed E-state index contributed by atoms with van der Waals surface area (Å²) >= 11 is 0. The van der Waals surface area contributed by atoms with Crippen LogP contribution >= 0.6 is 0 Å². The van der Waals surface area contributed by atoms with Gasteiger partial charge in [-0.05, 0) is 40.7 Å². The first-order valence-electron chi connectivity index (χ1n) is 4.52. The van der Waals surface area contributed by atoms with Gasteiger partial charge in [0.2, 0.25) is 0 Å². The molecule has 0 radical (unpaired) electrons. The van der Waals surface area contributed by atoms with Crippen molar-refractivity contribution in [3.05, 3.63) is 11.8 Å². The summed E-state index contributed by atoms with van der Waals surface area (Å²) in [5.74, 6) is 0. The lowest BCUT2D eigenvalue weighted by molar-refractivity contribution is 0.670. The first-order chi connectivity index (χ1) is 5.56. The molecule has 0 amide bonds. The van der Waals surface area contributed by atoms with Gasteiger partial charge in [0.25, 0.3) is 0 Å². The Morgan fingerprint density at radius 3 is 2.42 bits per heavy atom. The van der Waals surface area contributed by atoms with E-state index in [1.807, 2.05) is 13.8 Å². The van der Waals surface area contributed by atoms with E-state index in [1.54, 1.807) is 0 Å². The third kappa shape index (κ3) is 5.96. The molecule has 2 heteroatoms. The average molecular weight is 168 g/mol. The van der Waals surface area contributed by atoms with Crippen molar-refractivity contribution in [2.45, 2.75) is 40.7 Å². The summed E-state index contributed by atoms with van der Waals surface area (Å²) in [4.78, 5) is 4.27.